The first-order chi connectivity index (χ1) is 8.12. The second-order valence-corrected chi connectivity index (χ2v) is 4.00. The molecule has 0 N–H and O–H groups in total. The number of benzene rings is 1. The predicted octanol–water partition coefficient (Wildman–Crippen LogP) is 2.65. The Balaban J connectivity index is 3.19. The first kappa shape index (κ1) is 13.6. The van der Waals surface area contributed by atoms with Crippen LogP contribution in [0.5, 0.6) is 11.5 Å². The van der Waals surface area contributed by atoms with Crippen molar-refractivity contribution in [1.82, 2.24) is 0 Å². The van der Waals surface area contributed by atoms with Gasteiger partial charge in [0.15, 0.2) is 0 Å². The zero-order valence-electron chi connectivity index (χ0n) is 9.82. The van der Waals surface area contributed by atoms with Crippen LogP contribution in [-0.4, -0.2) is 27.3 Å². The molecule has 0 spiro atoms. The SMILES string of the molecule is COC(=O)/C=C/c1c(OC)cc(Br)cc1OC. The van der Waals surface area contributed by atoms with Gasteiger partial charge in [-0.3, -0.25) is 0 Å². The highest BCUT2D eigenvalue weighted by atomic mass is 79.9. The molecule has 0 fully saturated rings. The van der Waals surface area contributed by atoms with Crippen LogP contribution in [0.25, 0.3) is 6.08 Å². The third-order valence-corrected chi connectivity index (χ3v) is 2.55. The molecule has 1 rings (SSSR count). The van der Waals surface area contributed by atoms with Crippen LogP contribution < -0.4 is 9.47 Å². The van der Waals surface area contributed by atoms with Gasteiger partial charge in [-0.2, -0.15) is 0 Å². The highest BCUT2D eigenvalue weighted by Crippen LogP contribution is 2.33. The maximum absolute atomic E-state index is 11.1. The van der Waals surface area contributed by atoms with Crippen molar-refractivity contribution >= 4 is 28.0 Å². The largest absolute Gasteiger partial charge is 0.496 e. The van der Waals surface area contributed by atoms with Crippen LogP contribution in [0.2, 0.25) is 0 Å². The van der Waals surface area contributed by atoms with Gasteiger partial charge in [-0.25, -0.2) is 4.79 Å². The molecule has 0 bridgehead atoms. The van der Waals surface area contributed by atoms with Gasteiger partial charge in [0.25, 0.3) is 0 Å². The van der Waals surface area contributed by atoms with Gasteiger partial charge in [0.05, 0.1) is 26.9 Å². The minimum Gasteiger partial charge on any atom is -0.496 e. The molecule has 0 aliphatic carbocycles. The van der Waals surface area contributed by atoms with Crippen molar-refractivity contribution in [2.75, 3.05) is 21.3 Å². The second kappa shape index (κ2) is 6.30. The summed E-state index contributed by atoms with van der Waals surface area (Å²) < 4.78 is 15.8. The molecule has 0 unspecified atom stereocenters. The quantitative estimate of drug-likeness (QED) is 0.633. The summed E-state index contributed by atoms with van der Waals surface area (Å²) >= 11 is 3.35. The molecule has 0 radical (unpaired) electrons. The Hall–Kier alpha value is -1.49. The second-order valence-electron chi connectivity index (χ2n) is 3.08. The molecule has 1 aromatic carbocycles. The van der Waals surface area contributed by atoms with E-state index in [0.717, 1.165) is 4.47 Å². The summed E-state index contributed by atoms with van der Waals surface area (Å²) in [6.45, 7) is 0. The Kier molecular flexibility index (Phi) is 5.03. The van der Waals surface area contributed by atoms with Gasteiger partial charge in [0.2, 0.25) is 0 Å². The Morgan fingerprint density at radius 3 is 2.12 bits per heavy atom. The van der Waals surface area contributed by atoms with Crippen LogP contribution in [0.3, 0.4) is 0 Å². The van der Waals surface area contributed by atoms with Crippen molar-refractivity contribution in [3.63, 3.8) is 0 Å². The predicted molar refractivity (Wildman–Crippen MR) is 68.3 cm³/mol. The maximum atomic E-state index is 11.1. The molecule has 17 heavy (non-hydrogen) atoms. The molecular weight excluding hydrogens is 288 g/mol. The van der Waals surface area contributed by atoms with Crippen molar-refractivity contribution in [3.05, 3.63) is 28.2 Å². The molecule has 0 aliphatic heterocycles. The van der Waals surface area contributed by atoms with Crippen LogP contribution in [0, 0.1) is 0 Å². The van der Waals surface area contributed by atoms with E-state index in [1.165, 1.54) is 13.2 Å². The molecule has 0 amide bonds. The molecule has 0 saturated carbocycles. The lowest BCUT2D eigenvalue weighted by atomic mass is 10.1. The van der Waals surface area contributed by atoms with Gasteiger partial charge in [-0.1, -0.05) is 15.9 Å². The van der Waals surface area contributed by atoms with Gasteiger partial charge < -0.3 is 14.2 Å². The van der Waals surface area contributed by atoms with Crippen molar-refractivity contribution < 1.29 is 19.0 Å². The summed E-state index contributed by atoms with van der Waals surface area (Å²) in [5.74, 6) is 0.782. The van der Waals surface area contributed by atoms with E-state index >= 15 is 0 Å². The number of hydrogen-bond donors (Lipinski definition) is 0. The van der Waals surface area contributed by atoms with Crippen LogP contribution in [-0.2, 0) is 9.53 Å². The fourth-order valence-electron chi connectivity index (χ4n) is 1.29. The average Bonchev–Trinajstić information content (AvgIpc) is 2.35. The number of halogens is 1. The molecule has 0 aliphatic rings. The van der Waals surface area contributed by atoms with E-state index in [9.17, 15) is 4.79 Å². The van der Waals surface area contributed by atoms with Gasteiger partial charge in [-0.15, -0.1) is 0 Å². The summed E-state index contributed by atoms with van der Waals surface area (Å²) in [4.78, 5) is 11.1. The number of rotatable bonds is 4. The zero-order valence-corrected chi connectivity index (χ0v) is 11.4. The Morgan fingerprint density at radius 1 is 1.18 bits per heavy atom. The number of hydrogen-bond acceptors (Lipinski definition) is 4. The molecule has 0 aromatic heterocycles. The van der Waals surface area contributed by atoms with E-state index in [-0.39, 0.29) is 0 Å². The molecule has 4 nitrogen and oxygen atoms in total. The molecule has 1 aromatic rings. The van der Waals surface area contributed by atoms with Gasteiger partial charge in [0.1, 0.15) is 11.5 Å². The van der Waals surface area contributed by atoms with Crippen LogP contribution >= 0.6 is 15.9 Å². The average molecular weight is 301 g/mol. The maximum Gasteiger partial charge on any atom is 0.330 e. The summed E-state index contributed by atoms with van der Waals surface area (Å²) in [7, 11) is 4.43. The van der Waals surface area contributed by atoms with E-state index < -0.39 is 5.97 Å². The topological polar surface area (TPSA) is 44.8 Å². The van der Waals surface area contributed by atoms with Crippen LogP contribution in [0.15, 0.2) is 22.7 Å². The fraction of sp³-hybridized carbons (Fsp3) is 0.250. The normalized spacial score (nSPS) is 10.4. The zero-order chi connectivity index (χ0) is 12.8. The van der Waals surface area contributed by atoms with Crippen molar-refractivity contribution in [2.45, 2.75) is 0 Å². The van der Waals surface area contributed by atoms with Crippen molar-refractivity contribution in [3.8, 4) is 11.5 Å². The van der Waals surface area contributed by atoms with Gasteiger partial charge >= 0.3 is 5.97 Å². The van der Waals surface area contributed by atoms with E-state index in [0.29, 0.717) is 17.1 Å². The molecule has 0 heterocycles. The summed E-state index contributed by atoms with van der Waals surface area (Å²) in [5, 5.41) is 0. The molecule has 92 valence electrons. The first-order valence-electron chi connectivity index (χ1n) is 4.80. The number of methoxy groups -OCH3 is 3. The number of ether oxygens (including phenoxy) is 3. The lowest BCUT2D eigenvalue weighted by Crippen LogP contribution is -1.96. The summed E-state index contributed by atoms with van der Waals surface area (Å²) in [5.41, 5.74) is 0.684. The molecule has 0 atom stereocenters. The lowest BCUT2D eigenvalue weighted by molar-refractivity contribution is -0.134. The number of carbonyl (C=O) groups excluding carboxylic acids is 1. The summed E-state index contributed by atoms with van der Waals surface area (Å²) in [6, 6.07) is 3.58. The van der Waals surface area contributed by atoms with Crippen LogP contribution in [0.1, 0.15) is 5.56 Å². The molecule has 0 saturated heterocycles. The fourth-order valence-corrected chi connectivity index (χ4v) is 1.71. The Labute approximate surface area is 108 Å². The highest BCUT2D eigenvalue weighted by molar-refractivity contribution is 9.10. The standard InChI is InChI=1S/C12H13BrO4/c1-15-10-6-8(13)7-11(16-2)9(10)4-5-12(14)17-3/h4-7H,1-3H3/b5-4+. The van der Waals surface area contributed by atoms with Gasteiger partial charge in [-0.05, 0) is 18.2 Å². The van der Waals surface area contributed by atoms with Gasteiger partial charge in [0, 0.05) is 10.5 Å². The molecule has 5 heteroatoms. The smallest absolute Gasteiger partial charge is 0.330 e. The summed E-state index contributed by atoms with van der Waals surface area (Å²) in [6.07, 6.45) is 2.91. The highest BCUT2D eigenvalue weighted by Gasteiger charge is 2.09. The van der Waals surface area contributed by atoms with Crippen molar-refractivity contribution in [1.29, 1.82) is 0 Å². The Bertz CT molecular complexity index is 415. The first-order valence-corrected chi connectivity index (χ1v) is 5.59. The Morgan fingerprint density at radius 2 is 1.71 bits per heavy atom. The van der Waals surface area contributed by atoms with E-state index in [1.807, 2.05) is 0 Å². The monoisotopic (exact) mass is 300 g/mol. The van der Waals surface area contributed by atoms with E-state index in [2.05, 4.69) is 20.7 Å². The van der Waals surface area contributed by atoms with Crippen LogP contribution in [0.4, 0.5) is 0 Å². The minimum absolute atomic E-state index is 0.433. The number of esters is 1. The third-order valence-electron chi connectivity index (χ3n) is 2.10. The van der Waals surface area contributed by atoms with Crippen molar-refractivity contribution in [2.24, 2.45) is 0 Å². The van der Waals surface area contributed by atoms with E-state index in [4.69, 9.17) is 9.47 Å². The number of carbonyl (C=O) groups is 1. The third kappa shape index (κ3) is 3.49. The minimum atomic E-state index is -0.433. The molecular formula is C12H13BrO4. The van der Waals surface area contributed by atoms with E-state index in [1.54, 1.807) is 32.4 Å². The lowest BCUT2D eigenvalue weighted by Gasteiger charge is -2.10.